The summed E-state index contributed by atoms with van der Waals surface area (Å²) in [5.74, 6) is 0. The molecule has 0 fully saturated rings. The highest BCUT2D eigenvalue weighted by atomic mass is 79.9. The number of alkyl halides is 1. The van der Waals surface area contributed by atoms with E-state index in [-0.39, 0.29) is 4.90 Å². The Bertz CT molecular complexity index is 620. The molecule has 0 radical (unpaired) electrons. The van der Waals surface area contributed by atoms with E-state index in [1.807, 2.05) is 6.92 Å². The van der Waals surface area contributed by atoms with Crippen LogP contribution in [0.2, 0.25) is 0 Å². The predicted molar refractivity (Wildman–Crippen MR) is 131 cm³/mol. The maximum Gasteiger partial charge on any atom is 0.124 e. The van der Waals surface area contributed by atoms with Crippen molar-refractivity contribution in [2.75, 3.05) is 32.0 Å². The molecule has 30 heavy (non-hydrogen) atoms. The normalized spacial score (nSPS) is 11.8. The monoisotopic (exact) mass is 505 g/mol. The smallest absolute Gasteiger partial charge is 0.124 e. The number of quaternary nitrogens is 1. The fraction of sp³-hybridized carbons (Fsp3) is 0.750. The molecular formula is C24H44BrNO3S. The molecule has 176 valence electrons. The molecule has 0 atom stereocenters. The molecule has 0 bridgehead atoms. The van der Waals surface area contributed by atoms with Crippen molar-refractivity contribution in [3.63, 3.8) is 0 Å². The fourth-order valence-electron chi connectivity index (χ4n) is 3.47. The SMILES string of the molecule is CCCCCC[N+](C)(CCCCBr)CCCCCC.Cc1ccc(S(=O)(=O)[O-])cc1. The molecular weight excluding hydrogens is 462 g/mol. The molecule has 6 heteroatoms. The number of hydrogen-bond donors (Lipinski definition) is 0. The summed E-state index contributed by atoms with van der Waals surface area (Å²) in [6.07, 6.45) is 13.9. The minimum Gasteiger partial charge on any atom is -0.744 e. The van der Waals surface area contributed by atoms with E-state index < -0.39 is 10.1 Å². The molecule has 0 amide bonds. The first-order valence-corrected chi connectivity index (χ1v) is 14.1. The molecule has 0 aliphatic heterocycles. The fourth-order valence-corrected chi connectivity index (χ4v) is 4.33. The first kappa shape index (κ1) is 29.6. The largest absolute Gasteiger partial charge is 0.744 e. The van der Waals surface area contributed by atoms with Crippen molar-refractivity contribution in [3.05, 3.63) is 29.8 Å². The number of rotatable bonds is 15. The van der Waals surface area contributed by atoms with Crippen molar-refractivity contribution in [1.82, 2.24) is 0 Å². The van der Waals surface area contributed by atoms with Crippen LogP contribution in [0.4, 0.5) is 0 Å². The van der Waals surface area contributed by atoms with Gasteiger partial charge in [-0.25, -0.2) is 8.42 Å². The van der Waals surface area contributed by atoms with E-state index in [1.54, 1.807) is 12.1 Å². The van der Waals surface area contributed by atoms with Crippen LogP contribution in [0.15, 0.2) is 29.2 Å². The second-order valence-corrected chi connectivity index (χ2v) is 10.7. The molecule has 0 N–H and O–H groups in total. The summed E-state index contributed by atoms with van der Waals surface area (Å²) in [7, 11) is -1.78. The highest BCUT2D eigenvalue weighted by molar-refractivity contribution is 9.09. The molecule has 0 saturated heterocycles. The van der Waals surface area contributed by atoms with Crippen molar-refractivity contribution in [1.29, 1.82) is 0 Å². The van der Waals surface area contributed by atoms with E-state index in [0.717, 1.165) is 5.56 Å². The van der Waals surface area contributed by atoms with Crippen molar-refractivity contribution in [2.24, 2.45) is 0 Å². The lowest BCUT2D eigenvalue weighted by Gasteiger charge is -2.35. The molecule has 0 heterocycles. The number of benzene rings is 1. The summed E-state index contributed by atoms with van der Waals surface area (Å²) in [5.41, 5.74) is 0.928. The third-order valence-corrected chi connectivity index (χ3v) is 6.90. The Morgan fingerprint density at radius 2 is 1.23 bits per heavy atom. The minimum atomic E-state index is -4.27. The summed E-state index contributed by atoms with van der Waals surface area (Å²) in [6.45, 7) is 10.6. The van der Waals surface area contributed by atoms with Gasteiger partial charge in [0.15, 0.2) is 0 Å². The number of halogens is 1. The predicted octanol–water partition coefficient (Wildman–Crippen LogP) is 6.67. The van der Waals surface area contributed by atoms with E-state index in [1.165, 1.54) is 106 Å². The molecule has 0 spiro atoms. The highest BCUT2D eigenvalue weighted by Gasteiger charge is 2.19. The van der Waals surface area contributed by atoms with Gasteiger partial charge in [-0.05, 0) is 57.6 Å². The molecule has 0 saturated carbocycles. The Hall–Kier alpha value is -0.430. The standard InChI is InChI=1S/C17H37BrN.C7H8O3S/c1-4-6-8-11-15-19(3,17-13-10-14-18)16-12-9-7-5-2;1-6-2-4-7(5-3-6)11(8,9)10/h4-17H2,1-3H3;2-5H,1H3,(H,8,9,10)/q+1;/p-1. The Labute approximate surface area is 194 Å². The zero-order valence-corrected chi connectivity index (χ0v) is 22.1. The lowest BCUT2D eigenvalue weighted by molar-refractivity contribution is -0.910. The summed E-state index contributed by atoms with van der Waals surface area (Å²) in [5, 5.41) is 1.17. The molecule has 0 aromatic heterocycles. The molecule has 0 aliphatic rings. The molecule has 0 unspecified atom stereocenters. The van der Waals surface area contributed by atoms with Gasteiger partial charge in [0, 0.05) is 5.33 Å². The van der Waals surface area contributed by atoms with Crippen LogP contribution in [-0.2, 0) is 10.1 Å². The average Bonchev–Trinajstić information content (AvgIpc) is 2.69. The lowest BCUT2D eigenvalue weighted by atomic mass is 10.1. The Morgan fingerprint density at radius 1 is 0.800 bits per heavy atom. The second-order valence-electron chi connectivity index (χ2n) is 8.57. The average molecular weight is 507 g/mol. The lowest BCUT2D eigenvalue weighted by Crippen LogP contribution is -2.46. The van der Waals surface area contributed by atoms with Crippen LogP contribution < -0.4 is 0 Å². The number of aryl methyl sites for hydroxylation is 1. The van der Waals surface area contributed by atoms with E-state index in [9.17, 15) is 13.0 Å². The summed E-state index contributed by atoms with van der Waals surface area (Å²) in [6, 6.07) is 5.78. The minimum absolute atomic E-state index is 0.178. The van der Waals surface area contributed by atoms with E-state index in [4.69, 9.17) is 0 Å². The first-order chi connectivity index (χ1) is 14.2. The van der Waals surface area contributed by atoms with Crippen molar-refractivity contribution < 1.29 is 17.5 Å². The van der Waals surface area contributed by atoms with Crippen LogP contribution >= 0.6 is 15.9 Å². The Kier molecular flexibility index (Phi) is 16.9. The van der Waals surface area contributed by atoms with Crippen molar-refractivity contribution >= 4 is 26.0 Å². The van der Waals surface area contributed by atoms with Crippen molar-refractivity contribution in [3.8, 4) is 0 Å². The van der Waals surface area contributed by atoms with E-state index >= 15 is 0 Å². The third kappa shape index (κ3) is 15.4. The topological polar surface area (TPSA) is 57.2 Å². The van der Waals surface area contributed by atoms with Crippen LogP contribution in [0.5, 0.6) is 0 Å². The van der Waals surface area contributed by atoms with E-state index in [2.05, 4.69) is 36.8 Å². The maximum atomic E-state index is 10.4. The zero-order chi connectivity index (χ0) is 22.9. The number of nitrogens with zero attached hydrogens (tertiary/aromatic N) is 1. The van der Waals surface area contributed by atoms with E-state index in [0.29, 0.717) is 0 Å². The van der Waals surface area contributed by atoms with Crippen LogP contribution in [0.3, 0.4) is 0 Å². The highest BCUT2D eigenvalue weighted by Crippen LogP contribution is 2.14. The number of unbranched alkanes of at least 4 members (excludes halogenated alkanes) is 7. The van der Waals surface area contributed by atoms with Gasteiger partial charge in [0.05, 0.1) is 31.6 Å². The zero-order valence-electron chi connectivity index (χ0n) is 19.7. The maximum absolute atomic E-state index is 10.4. The van der Waals surface area contributed by atoms with Gasteiger partial charge in [-0.2, -0.15) is 0 Å². The van der Waals surface area contributed by atoms with Gasteiger partial charge in [-0.1, -0.05) is 73.2 Å². The first-order valence-electron chi connectivity index (χ1n) is 11.6. The van der Waals surface area contributed by atoms with Gasteiger partial charge >= 0.3 is 0 Å². The molecule has 1 rings (SSSR count). The second kappa shape index (κ2) is 17.2. The van der Waals surface area contributed by atoms with Crippen LogP contribution in [-0.4, -0.2) is 49.5 Å². The molecule has 0 aliphatic carbocycles. The van der Waals surface area contributed by atoms with Gasteiger partial charge < -0.3 is 9.04 Å². The molecule has 4 nitrogen and oxygen atoms in total. The Morgan fingerprint density at radius 3 is 1.60 bits per heavy atom. The summed E-state index contributed by atoms with van der Waals surface area (Å²) in [4.78, 5) is -0.178. The number of hydrogen-bond acceptors (Lipinski definition) is 3. The quantitative estimate of drug-likeness (QED) is 0.116. The van der Waals surface area contributed by atoms with Crippen LogP contribution in [0.25, 0.3) is 0 Å². The van der Waals surface area contributed by atoms with Crippen LogP contribution in [0.1, 0.15) is 83.6 Å². The molecule has 1 aromatic carbocycles. The van der Waals surface area contributed by atoms with Gasteiger partial charge in [-0.15, -0.1) is 0 Å². The van der Waals surface area contributed by atoms with Gasteiger partial charge in [-0.3, -0.25) is 0 Å². The van der Waals surface area contributed by atoms with Gasteiger partial charge in [0.2, 0.25) is 0 Å². The third-order valence-electron chi connectivity index (χ3n) is 5.49. The van der Waals surface area contributed by atoms with Crippen molar-refractivity contribution in [2.45, 2.75) is 89.9 Å². The summed E-state index contributed by atoms with van der Waals surface area (Å²) < 4.78 is 32.5. The van der Waals surface area contributed by atoms with Crippen LogP contribution in [0, 0.1) is 6.92 Å². The summed E-state index contributed by atoms with van der Waals surface area (Å²) >= 11 is 3.56. The van der Waals surface area contributed by atoms with Gasteiger partial charge in [0.25, 0.3) is 0 Å². The molecule has 1 aromatic rings. The Balaban J connectivity index is 0.000000642. The van der Waals surface area contributed by atoms with Gasteiger partial charge in [0.1, 0.15) is 10.1 Å².